The zero-order chi connectivity index (χ0) is 39.6. The van der Waals surface area contributed by atoms with E-state index in [4.69, 9.17) is 0 Å². The predicted octanol–water partition coefficient (Wildman–Crippen LogP) is 3.88. The van der Waals surface area contributed by atoms with E-state index in [9.17, 15) is 39.6 Å². The van der Waals surface area contributed by atoms with Gasteiger partial charge in [0.05, 0.1) is 12.1 Å². The molecule has 0 radical (unpaired) electrons. The molecule has 10 N–H and O–H groups in total. The van der Waals surface area contributed by atoms with Crippen LogP contribution in [0.25, 0.3) is 21.8 Å². The van der Waals surface area contributed by atoms with Crippen LogP contribution in [0, 0.1) is 0 Å². The van der Waals surface area contributed by atoms with Gasteiger partial charge in [-0.2, -0.15) is 0 Å². The Labute approximate surface area is 322 Å². The number of nitrogens with one attached hydrogen (secondary N) is 6. The summed E-state index contributed by atoms with van der Waals surface area (Å²) in [4.78, 5) is 58.0. The van der Waals surface area contributed by atoms with Gasteiger partial charge in [0, 0.05) is 47.0 Å². The molecule has 0 aliphatic heterocycles. The summed E-state index contributed by atoms with van der Waals surface area (Å²) in [5.41, 5.74) is 4.42. The van der Waals surface area contributed by atoms with Crippen molar-refractivity contribution in [2.75, 3.05) is 0 Å². The van der Waals surface area contributed by atoms with E-state index in [-0.39, 0.29) is 25.7 Å². The number of aromatic nitrogens is 2. The lowest BCUT2D eigenvalue weighted by Gasteiger charge is -2.34. The highest BCUT2D eigenvalue weighted by Gasteiger charge is 2.37. The number of aromatic amines is 2. The second-order valence-corrected chi connectivity index (χ2v) is 13.7. The fraction of sp³-hybridized carbons (Fsp3) is 0.238. The third-order valence-corrected chi connectivity index (χ3v) is 9.85. The van der Waals surface area contributed by atoms with Crippen LogP contribution in [0.3, 0.4) is 0 Å². The number of hydrogen-bond acceptors (Lipinski definition) is 6. The molecule has 0 fully saturated rings. The number of carboxylic acid groups (broad SMARTS) is 2. The van der Waals surface area contributed by atoms with Crippen LogP contribution in [0.1, 0.15) is 22.3 Å². The van der Waals surface area contributed by atoms with Crippen LogP contribution in [-0.2, 0) is 35.3 Å². The Morgan fingerprint density at radius 2 is 0.839 bits per heavy atom. The number of hydrogen-bond donors (Lipinski definition) is 10. The number of para-hydroxylation sites is 2. The van der Waals surface area contributed by atoms with Crippen molar-refractivity contribution in [1.82, 2.24) is 31.2 Å². The fourth-order valence-corrected chi connectivity index (χ4v) is 7.05. The first-order valence-corrected chi connectivity index (χ1v) is 18.2. The Balaban J connectivity index is 1.27. The minimum Gasteiger partial charge on any atom is -0.465 e. The molecule has 14 heteroatoms. The third-order valence-electron chi connectivity index (χ3n) is 9.85. The summed E-state index contributed by atoms with van der Waals surface area (Å²) in [7, 11) is 0. The smallest absolute Gasteiger partial charge is 0.405 e. The monoisotopic (exact) mass is 760 g/mol. The molecule has 4 amide bonds. The molecule has 4 aromatic carbocycles. The second-order valence-electron chi connectivity index (χ2n) is 13.7. The molecular weight excluding hydrogens is 716 g/mol. The molecule has 6 aromatic rings. The number of rotatable bonds is 17. The topological polar surface area (TPSA) is 229 Å². The van der Waals surface area contributed by atoms with Gasteiger partial charge in [-0.05, 0) is 47.2 Å². The molecule has 0 saturated heterocycles. The Morgan fingerprint density at radius 3 is 1.21 bits per heavy atom. The van der Waals surface area contributed by atoms with E-state index >= 15 is 0 Å². The lowest BCUT2D eigenvalue weighted by atomic mass is 9.90. The van der Waals surface area contributed by atoms with Gasteiger partial charge in [-0.15, -0.1) is 0 Å². The van der Waals surface area contributed by atoms with E-state index in [1.165, 1.54) is 0 Å². The summed E-state index contributed by atoms with van der Waals surface area (Å²) in [6.45, 7) is 0. The molecule has 14 nitrogen and oxygen atoms in total. The largest absolute Gasteiger partial charge is 0.465 e. The van der Waals surface area contributed by atoms with Crippen LogP contribution in [-0.4, -0.2) is 90.8 Å². The number of fused-ring (bicyclic) bond motifs is 2. The van der Waals surface area contributed by atoms with Crippen LogP contribution >= 0.6 is 0 Å². The first-order valence-electron chi connectivity index (χ1n) is 18.2. The van der Waals surface area contributed by atoms with E-state index in [1.54, 1.807) is 73.1 Å². The van der Waals surface area contributed by atoms with Crippen molar-refractivity contribution in [1.29, 1.82) is 0 Å². The molecule has 290 valence electrons. The fourth-order valence-electron chi connectivity index (χ4n) is 7.05. The van der Waals surface area contributed by atoms with Gasteiger partial charge in [-0.3, -0.25) is 9.59 Å². The summed E-state index contributed by atoms with van der Waals surface area (Å²) in [6.07, 6.45) is -2.80. The maximum atomic E-state index is 14.0. The molecule has 6 atom stereocenters. The number of benzene rings is 4. The van der Waals surface area contributed by atoms with Crippen molar-refractivity contribution in [2.45, 2.75) is 62.1 Å². The van der Waals surface area contributed by atoms with Gasteiger partial charge in [0.15, 0.2) is 0 Å². The highest BCUT2D eigenvalue weighted by Crippen LogP contribution is 2.22. The van der Waals surface area contributed by atoms with Crippen molar-refractivity contribution in [2.24, 2.45) is 0 Å². The van der Waals surface area contributed by atoms with Crippen molar-refractivity contribution in [3.63, 3.8) is 0 Å². The van der Waals surface area contributed by atoms with Gasteiger partial charge >= 0.3 is 12.2 Å². The maximum Gasteiger partial charge on any atom is 0.405 e. The predicted molar refractivity (Wildman–Crippen MR) is 210 cm³/mol. The molecule has 0 aliphatic carbocycles. The van der Waals surface area contributed by atoms with Gasteiger partial charge < -0.3 is 51.7 Å². The summed E-state index contributed by atoms with van der Waals surface area (Å²) >= 11 is 0. The molecular formula is C42H44N6O8. The quantitative estimate of drug-likeness (QED) is 0.0655. The van der Waals surface area contributed by atoms with Gasteiger partial charge in [-0.25, -0.2) is 9.59 Å². The van der Waals surface area contributed by atoms with Crippen LogP contribution in [0.15, 0.2) is 122 Å². The van der Waals surface area contributed by atoms with Crippen molar-refractivity contribution in [3.05, 3.63) is 144 Å². The van der Waals surface area contributed by atoms with Crippen LogP contribution in [0.2, 0.25) is 0 Å². The number of carbonyl (C=O) groups is 4. The third kappa shape index (κ3) is 9.91. The zero-order valence-electron chi connectivity index (χ0n) is 30.3. The van der Waals surface area contributed by atoms with Crippen molar-refractivity contribution >= 4 is 45.8 Å². The van der Waals surface area contributed by atoms with E-state index in [2.05, 4.69) is 31.2 Å². The number of aliphatic hydroxyl groups is 2. The SMILES string of the molecule is O=C(O)N[C@@H](Cc1c[nH]c2ccccc12)C(=O)N[C@@H](Cc1ccccc1)[C@@H](O)[C@H](O)[C@H](Cc1ccccc1)NC(=O)[C@H](Cc1c[nH]c2ccccc12)NC(=O)O. The lowest BCUT2D eigenvalue weighted by Crippen LogP contribution is -2.61. The van der Waals surface area contributed by atoms with E-state index in [0.717, 1.165) is 21.8 Å². The average molecular weight is 761 g/mol. The molecule has 0 spiro atoms. The molecule has 0 unspecified atom stereocenters. The second kappa shape index (κ2) is 18.1. The number of H-pyrrole nitrogens is 2. The average Bonchev–Trinajstić information content (AvgIpc) is 3.80. The van der Waals surface area contributed by atoms with Crippen LogP contribution in [0.5, 0.6) is 0 Å². The van der Waals surface area contributed by atoms with Crippen LogP contribution < -0.4 is 21.3 Å². The first kappa shape index (κ1) is 39.1. The Kier molecular flexibility index (Phi) is 12.6. The molecule has 0 saturated carbocycles. The summed E-state index contributed by atoms with van der Waals surface area (Å²) in [5, 5.41) is 55.1. The molecule has 2 aromatic heterocycles. The lowest BCUT2D eigenvalue weighted by molar-refractivity contribution is -0.128. The number of aliphatic hydroxyl groups excluding tert-OH is 2. The molecule has 56 heavy (non-hydrogen) atoms. The standard InChI is InChI=1S/C42H44N6O8/c49-37(33(19-25-11-3-1-4-12-25)45-39(51)35(47-41(53)54)21-27-23-43-31-17-9-7-15-29(27)31)38(50)34(20-26-13-5-2-6-14-26)46-40(52)36(48-42(55)56)22-28-24-44-32-18-10-8-16-30(28)32/h1-18,23-24,33-38,43-44,47-50H,19-22H2,(H,45,51)(H,46,52)(H,53,54)(H,55,56)/t33-,34-,35-,36-,37+,38+/m0/s1. The molecule has 0 bridgehead atoms. The molecule has 2 heterocycles. The molecule has 6 rings (SSSR count). The Morgan fingerprint density at radius 1 is 0.482 bits per heavy atom. The van der Waals surface area contributed by atoms with Gasteiger partial charge in [-0.1, -0.05) is 97.1 Å². The summed E-state index contributed by atoms with van der Waals surface area (Å²) in [6, 6.07) is 27.8. The Bertz CT molecular complexity index is 2100. The van der Waals surface area contributed by atoms with E-state index in [1.807, 2.05) is 48.5 Å². The zero-order valence-corrected chi connectivity index (χ0v) is 30.3. The summed E-state index contributed by atoms with van der Waals surface area (Å²) < 4.78 is 0. The van der Waals surface area contributed by atoms with Gasteiger partial charge in [0.25, 0.3) is 0 Å². The normalized spacial score (nSPS) is 14.5. The number of amides is 4. The van der Waals surface area contributed by atoms with E-state index < -0.39 is 60.4 Å². The Hall–Kier alpha value is -6.64. The van der Waals surface area contributed by atoms with Gasteiger partial charge in [0.1, 0.15) is 24.3 Å². The highest BCUT2D eigenvalue weighted by atomic mass is 16.4. The first-order chi connectivity index (χ1) is 27.0. The van der Waals surface area contributed by atoms with Crippen molar-refractivity contribution in [3.8, 4) is 0 Å². The maximum absolute atomic E-state index is 14.0. The van der Waals surface area contributed by atoms with Crippen molar-refractivity contribution < 1.29 is 39.6 Å². The molecule has 0 aliphatic rings. The summed E-state index contributed by atoms with van der Waals surface area (Å²) in [5.74, 6) is -1.48. The number of carbonyl (C=O) groups excluding carboxylic acids is 2. The minimum absolute atomic E-state index is 0.0140. The highest BCUT2D eigenvalue weighted by molar-refractivity contribution is 5.89. The minimum atomic E-state index is -1.70. The van der Waals surface area contributed by atoms with Crippen LogP contribution in [0.4, 0.5) is 9.59 Å². The van der Waals surface area contributed by atoms with Gasteiger partial charge in [0.2, 0.25) is 11.8 Å². The van der Waals surface area contributed by atoms with E-state index in [0.29, 0.717) is 22.3 Å².